The fraction of sp³-hybridized carbons (Fsp3) is 0.250. The summed E-state index contributed by atoms with van der Waals surface area (Å²) in [6, 6.07) is 13.1. The van der Waals surface area contributed by atoms with Crippen molar-refractivity contribution < 1.29 is 0 Å². The third-order valence-electron chi connectivity index (χ3n) is 4.17. The van der Waals surface area contributed by atoms with E-state index in [4.69, 9.17) is 0 Å². The van der Waals surface area contributed by atoms with Gasteiger partial charge in [-0.3, -0.25) is 4.90 Å². The van der Waals surface area contributed by atoms with Crippen LogP contribution in [0.15, 0.2) is 45.3 Å². The quantitative estimate of drug-likeness (QED) is 0.707. The highest BCUT2D eigenvalue weighted by molar-refractivity contribution is 9.11. The van der Waals surface area contributed by atoms with Crippen LogP contribution in [0.2, 0.25) is 0 Å². The van der Waals surface area contributed by atoms with Crippen molar-refractivity contribution in [2.45, 2.75) is 25.7 Å². The molecule has 2 aromatic carbocycles. The maximum Gasteiger partial charge on any atom is 0.0840 e. The van der Waals surface area contributed by atoms with Crippen LogP contribution in [0.25, 0.3) is 0 Å². The van der Waals surface area contributed by atoms with Gasteiger partial charge in [0, 0.05) is 28.5 Å². The predicted octanol–water partition coefficient (Wildman–Crippen LogP) is 4.52. The van der Waals surface area contributed by atoms with Gasteiger partial charge < -0.3 is 5.32 Å². The maximum absolute atomic E-state index is 3.69. The van der Waals surface area contributed by atoms with Gasteiger partial charge in [0.1, 0.15) is 0 Å². The Morgan fingerprint density at radius 2 is 1.75 bits per heavy atom. The highest BCUT2D eigenvalue weighted by Crippen LogP contribution is 2.38. The zero-order valence-electron chi connectivity index (χ0n) is 10.9. The molecule has 4 heteroatoms. The Kier molecular flexibility index (Phi) is 3.13. The molecule has 0 aliphatic carbocycles. The molecule has 0 saturated carbocycles. The Morgan fingerprint density at radius 1 is 1.00 bits per heavy atom. The molecule has 0 bridgehead atoms. The number of anilines is 1. The molecule has 1 unspecified atom stereocenters. The van der Waals surface area contributed by atoms with Crippen molar-refractivity contribution in [3.63, 3.8) is 0 Å². The first-order valence-corrected chi connectivity index (χ1v) is 8.34. The minimum atomic E-state index is 0.398. The van der Waals surface area contributed by atoms with E-state index in [1.54, 1.807) is 0 Å². The first-order valence-electron chi connectivity index (χ1n) is 6.76. The molecule has 2 aliphatic rings. The van der Waals surface area contributed by atoms with Gasteiger partial charge in [0.2, 0.25) is 0 Å². The Bertz CT molecular complexity index is 684. The molecule has 0 radical (unpaired) electrons. The molecule has 0 fully saturated rings. The number of nitrogens with one attached hydrogen (secondary N) is 1. The van der Waals surface area contributed by atoms with E-state index in [9.17, 15) is 0 Å². The van der Waals surface area contributed by atoms with Crippen molar-refractivity contribution in [2.24, 2.45) is 0 Å². The zero-order chi connectivity index (χ0) is 13.7. The van der Waals surface area contributed by atoms with Crippen LogP contribution >= 0.6 is 31.9 Å². The van der Waals surface area contributed by atoms with E-state index in [0.29, 0.717) is 6.17 Å². The lowest BCUT2D eigenvalue weighted by atomic mass is 9.95. The summed E-state index contributed by atoms with van der Waals surface area (Å²) < 4.78 is 2.26. The summed E-state index contributed by atoms with van der Waals surface area (Å²) in [6.07, 6.45) is 1.47. The van der Waals surface area contributed by atoms with Crippen LogP contribution in [0.3, 0.4) is 0 Å². The van der Waals surface area contributed by atoms with Crippen molar-refractivity contribution in [3.8, 4) is 0 Å². The highest BCUT2D eigenvalue weighted by Gasteiger charge is 2.31. The summed E-state index contributed by atoms with van der Waals surface area (Å²) in [6.45, 7) is 2.02. The smallest absolute Gasteiger partial charge is 0.0840 e. The molecule has 1 N–H and O–H groups in total. The molecule has 0 amide bonds. The number of halogens is 2. The van der Waals surface area contributed by atoms with Crippen molar-refractivity contribution in [2.75, 3.05) is 5.32 Å². The summed E-state index contributed by atoms with van der Waals surface area (Å²) in [5.41, 5.74) is 5.52. The standard InChI is InChI=1S/C16H14Br2N2/c17-13-5-12-9-20-8-11-4-2-1-3-10(11)6-15(20)19-16(12)14(18)7-13/h1-5,7,15,19H,6,8-9H2. The summed E-state index contributed by atoms with van der Waals surface area (Å²) in [7, 11) is 0. The monoisotopic (exact) mass is 392 g/mol. The minimum absolute atomic E-state index is 0.398. The normalized spacial score (nSPS) is 20.6. The van der Waals surface area contributed by atoms with Gasteiger partial charge in [-0.25, -0.2) is 0 Å². The SMILES string of the molecule is Brc1cc(Br)c2c(c1)CN1Cc3ccccc3CC1N2. The molecule has 2 nitrogen and oxygen atoms in total. The second kappa shape index (κ2) is 4.86. The first-order chi connectivity index (χ1) is 9.70. The van der Waals surface area contributed by atoms with Gasteiger partial charge in [-0.1, -0.05) is 40.2 Å². The lowest BCUT2D eigenvalue weighted by molar-refractivity contribution is 0.173. The van der Waals surface area contributed by atoms with Crippen LogP contribution in [0.4, 0.5) is 5.69 Å². The Hall–Kier alpha value is -0.840. The van der Waals surface area contributed by atoms with E-state index in [-0.39, 0.29) is 0 Å². The van der Waals surface area contributed by atoms with E-state index in [2.05, 4.69) is 78.5 Å². The summed E-state index contributed by atoms with van der Waals surface area (Å²) in [5.74, 6) is 0. The van der Waals surface area contributed by atoms with Crippen LogP contribution < -0.4 is 5.32 Å². The van der Waals surface area contributed by atoms with Gasteiger partial charge in [0.15, 0.2) is 0 Å². The molecule has 0 spiro atoms. The maximum atomic E-state index is 3.69. The average molecular weight is 394 g/mol. The average Bonchev–Trinajstić information content (AvgIpc) is 2.43. The fourth-order valence-corrected chi connectivity index (χ4v) is 4.61. The largest absolute Gasteiger partial charge is 0.368 e. The van der Waals surface area contributed by atoms with Crippen LogP contribution in [0.1, 0.15) is 16.7 Å². The molecule has 4 rings (SSSR count). The molecular weight excluding hydrogens is 380 g/mol. The van der Waals surface area contributed by atoms with Crippen LogP contribution in [-0.4, -0.2) is 11.1 Å². The van der Waals surface area contributed by atoms with Gasteiger partial charge in [-0.05, 0) is 44.8 Å². The molecular formula is C16H14Br2N2. The van der Waals surface area contributed by atoms with E-state index in [1.165, 1.54) is 22.4 Å². The van der Waals surface area contributed by atoms with Crippen LogP contribution in [0.5, 0.6) is 0 Å². The molecule has 102 valence electrons. The van der Waals surface area contributed by atoms with Crippen molar-refractivity contribution in [3.05, 3.63) is 62.0 Å². The second-order valence-electron chi connectivity index (χ2n) is 5.46. The Balaban J connectivity index is 1.72. The van der Waals surface area contributed by atoms with Gasteiger partial charge >= 0.3 is 0 Å². The molecule has 20 heavy (non-hydrogen) atoms. The highest BCUT2D eigenvalue weighted by atomic mass is 79.9. The van der Waals surface area contributed by atoms with E-state index in [1.807, 2.05) is 0 Å². The summed E-state index contributed by atoms with van der Waals surface area (Å²) in [4.78, 5) is 2.52. The summed E-state index contributed by atoms with van der Waals surface area (Å²) in [5, 5.41) is 3.69. The lowest BCUT2D eigenvalue weighted by Gasteiger charge is -2.42. The number of fused-ring (bicyclic) bond motifs is 3. The van der Waals surface area contributed by atoms with Gasteiger partial charge in [0.25, 0.3) is 0 Å². The van der Waals surface area contributed by atoms with Crippen molar-refractivity contribution in [1.29, 1.82) is 0 Å². The number of hydrogen-bond donors (Lipinski definition) is 1. The van der Waals surface area contributed by atoms with Gasteiger partial charge in [-0.2, -0.15) is 0 Å². The molecule has 0 aromatic heterocycles. The van der Waals surface area contributed by atoms with E-state index < -0.39 is 0 Å². The fourth-order valence-electron chi connectivity index (χ4n) is 3.18. The molecule has 1 atom stereocenters. The number of nitrogens with zero attached hydrogens (tertiary/aromatic N) is 1. The Labute approximate surface area is 135 Å². The zero-order valence-corrected chi connectivity index (χ0v) is 14.0. The van der Waals surface area contributed by atoms with Crippen LogP contribution in [0, 0.1) is 0 Å². The predicted molar refractivity (Wildman–Crippen MR) is 88.6 cm³/mol. The van der Waals surface area contributed by atoms with Crippen LogP contribution in [-0.2, 0) is 19.5 Å². The number of hydrogen-bond acceptors (Lipinski definition) is 2. The van der Waals surface area contributed by atoms with Crippen molar-refractivity contribution >= 4 is 37.5 Å². The number of benzene rings is 2. The molecule has 0 saturated heterocycles. The van der Waals surface area contributed by atoms with Gasteiger partial charge in [0.05, 0.1) is 11.9 Å². The lowest BCUT2D eigenvalue weighted by Crippen LogP contribution is -2.47. The first kappa shape index (κ1) is 12.9. The Morgan fingerprint density at radius 3 is 2.60 bits per heavy atom. The van der Waals surface area contributed by atoms with Gasteiger partial charge in [-0.15, -0.1) is 0 Å². The topological polar surface area (TPSA) is 15.3 Å². The molecule has 2 aromatic rings. The van der Waals surface area contributed by atoms with E-state index in [0.717, 1.165) is 28.5 Å². The third kappa shape index (κ3) is 2.10. The number of rotatable bonds is 0. The second-order valence-corrected chi connectivity index (χ2v) is 7.23. The summed E-state index contributed by atoms with van der Waals surface area (Å²) >= 11 is 7.25. The minimum Gasteiger partial charge on any atom is -0.368 e. The molecule has 2 aliphatic heterocycles. The third-order valence-corrected chi connectivity index (χ3v) is 5.25. The van der Waals surface area contributed by atoms with E-state index >= 15 is 0 Å². The van der Waals surface area contributed by atoms with Crippen molar-refractivity contribution in [1.82, 2.24) is 4.90 Å². The molecule has 2 heterocycles.